The summed E-state index contributed by atoms with van der Waals surface area (Å²) >= 11 is 0. The van der Waals surface area contributed by atoms with Gasteiger partial charge in [0, 0.05) is 12.2 Å². The second-order valence-electron chi connectivity index (χ2n) is 2.51. The lowest BCUT2D eigenvalue weighted by atomic mass is 10.3. The molecule has 0 fully saturated rings. The summed E-state index contributed by atoms with van der Waals surface area (Å²) < 4.78 is 5.12. The minimum absolute atomic E-state index is 0.809. The first-order valence-electron chi connectivity index (χ1n) is 3.59. The van der Waals surface area contributed by atoms with Crippen LogP contribution in [0.15, 0.2) is 36.6 Å². The number of allylic oxidation sites excluding steroid dienone is 4. The Morgan fingerprint density at radius 2 is 1.91 bits per heavy atom. The van der Waals surface area contributed by atoms with E-state index in [1.807, 2.05) is 32.9 Å². The van der Waals surface area contributed by atoms with Crippen molar-refractivity contribution in [3.05, 3.63) is 36.6 Å². The van der Waals surface area contributed by atoms with E-state index in [1.54, 1.807) is 12.3 Å². The molecule has 0 spiro atoms. The van der Waals surface area contributed by atoms with Crippen LogP contribution in [0.4, 0.5) is 0 Å². The predicted molar refractivity (Wildman–Crippen MR) is 49.4 cm³/mol. The molecule has 0 bridgehead atoms. The smallest absolute Gasteiger partial charge is 0.221 e. The average molecular weight is 151 g/mol. The van der Waals surface area contributed by atoms with Gasteiger partial charge in [-0.15, -0.1) is 0 Å². The van der Waals surface area contributed by atoms with E-state index in [2.05, 4.69) is 6.58 Å². The molecule has 0 radical (unpaired) electrons. The molecule has 0 saturated heterocycles. The van der Waals surface area contributed by atoms with Gasteiger partial charge < -0.3 is 0 Å². The van der Waals surface area contributed by atoms with E-state index in [1.165, 1.54) is 5.57 Å². The van der Waals surface area contributed by atoms with Crippen LogP contribution in [0.25, 0.3) is 0 Å². The van der Waals surface area contributed by atoms with Gasteiger partial charge in [-0.2, -0.15) is 0 Å². The summed E-state index contributed by atoms with van der Waals surface area (Å²) in [5.74, 6) is 0.809. The maximum absolute atomic E-state index is 5.12. The summed E-state index contributed by atoms with van der Waals surface area (Å²) in [5.41, 5.74) is 1.25. The third-order valence-electron chi connectivity index (χ3n) is 1.05. The van der Waals surface area contributed by atoms with Crippen LogP contribution >= 0.6 is 0 Å². The van der Waals surface area contributed by atoms with Gasteiger partial charge in [-0.3, -0.25) is 0 Å². The van der Waals surface area contributed by atoms with Crippen molar-refractivity contribution in [2.45, 2.75) is 20.8 Å². The molecule has 0 atom stereocenters. The Morgan fingerprint density at radius 3 is 2.36 bits per heavy atom. The summed E-state index contributed by atoms with van der Waals surface area (Å²) in [7, 11) is 0. The fraction of sp³-hybridized carbons (Fsp3) is 0.300. The second-order valence-corrected chi connectivity index (χ2v) is 2.51. The highest BCUT2D eigenvalue weighted by atomic mass is 16.4. The molecular formula is C10H15O+. The number of rotatable bonds is 3. The Kier molecular flexibility index (Phi) is 5.09. The summed E-state index contributed by atoms with van der Waals surface area (Å²) in [6, 6.07) is 0. The van der Waals surface area contributed by atoms with Crippen LogP contribution < -0.4 is 0 Å². The SMILES string of the molecule is C=CC(C)=[O+]/C=C/C=C(C)C. The first-order chi connectivity index (χ1) is 5.16. The van der Waals surface area contributed by atoms with Gasteiger partial charge in [-0.05, 0) is 13.8 Å². The first-order valence-corrected chi connectivity index (χ1v) is 3.59. The molecule has 0 amide bonds. The zero-order valence-electron chi connectivity index (χ0n) is 7.42. The molecule has 11 heavy (non-hydrogen) atoms. The van der Waals surface area contributed by atoms with Gasteiger partial charge in [-0.25, -0.2) is 4.42 Å². The van der Waals surface area contributed by atoms with Crippen LogP contribution in [0.5, 0.6) is 0 Å². The monoisotopic (exact) mass is 151 g/mol. The summed E-state index contributed by atoms with van der Waals surface area (Å²) in [5, 5.41) is 0. The van der Waals surface area contributed by atoms with Crippen LogP contribution in [0, 0.1) is 0 Å². The standard InChI is InChI=1S/C10H15O/c1-5-10(4)11-8-6-7-9(2)3/h5-8H,1H2,2-4H3/q+1/b8-6+. The van der Waals surface area contributed by atoms with Crippen molar-refractivity contribution in [2.75, 3.05) is 0 Å². The third-order valence-corrected chi connectivity index (χ3v) is 1.05. The van der Waals surface area contributed by atoms with Crippen LogP contribution in [-0.2, 0) is 4.42 Å². The molecule has 0 aliphatic carbocycles. The van der Waals surface area contributed by atoms with E-state index in [0.717, 1.165) is 5.78 Å². The van der Waals surface area contributed by atoms with E-state index < -0.39 is 0 Å². The van der Waals surface area contributed by atoms with Gasteiger partial charge in [0.15, 0.2) is 0 Å². The quantitative estimate of drug-likeness (QED) is 0.254. The molecule has 0 aromatic heterocycles. The van der Waals surface area contributed by atoms with Gasteiger partial charge in [0.1, 0.15) is 0 Å². The molecule has 0 aromatic carbocycles. The topological polar surface area (TPSA) is 11.3 Å². The third kappa shape index (κ3) is 6.78. The summed E-state index contributed by atoms with van der Waals surface area (Å²) in [6.07, 6.45) is 7.16. The minimum Gasteiger partial charge on any atom is -0.221 e. The maximum Gasteiger partial charge on any atom is 0.325 e. The van der Waals surface area contributed by atoms with E-state index in [-0.39, 0.29) is 0 Å². The predicted octanol–water partition coefficient (Wildman–Crippen LogP) is 2.78. The van der Waals surface area contributed by atoms with Gasteiger partial charge in [0.2, 0.25) is 0 Å². The van der Waals surface area contributed by atoms with Gasteiger partial charge >= 0.3 is 12.0 Å². The lowest BCUT2D eigenvalue weighted by molar-refractivity contribution is -0.372. The van der Waals surface area contributed by atoms with Crippen molar-refractivity contribution in [3.8, 4) is 0 Å². The molecule has 60 valence electrons. The molecule has 1 heteroatoms. The highest BCUT2D eigenvalue weighted by Crippen LogP contribution is 1.88. The molecule has 0 N–H and O–H groups in total. The van der Waals surface area contributed by atoms with E-state index in [4.69, 9.17) is 4.42 Å². The van der Waals surface area contributed by atoms with Crippen LogP contribution in [0.3, 0.4) is 0 Å². The normalized spacial score (nSPS) is 11.7. The average Bonchev–Trinajstić information content (AvgIpc) is 1.97. The largest absolute Gasteiger partial charge is 0.325 e. The molecule has 0 aliphatic heterocycles. The van der Waals surface area contributed by atoms with Crippen molar-refractivity contribution in [2.24, 2.45) is 0 Å². The highest BCUT2D eigenvalue weighted by molar-refractivity contribution is 5.87. The maximum atomic E-state index is 5.12. The molecule has 0 heterocycles. The van der Waals surface area contributed by atoms with Gasteiger partial charge in [0.25, 0.3) is 0 Å². The van der Waals surface area contributed by atoms with Crippen molar-refractivity contribution in [1.82, 2.24) is 0 Å². The van der Waals surface area contributed by atoms with Gasteiger partial charge in [0.05, 0.1) is 6.92 Å². The molecular weight excluding hydrogens is 136 g/mol. The van der Waals surface area contributed by atoms with E-state index in [0.29, 0.717) is 0 Å². The molecule has 0 unspecified atom stereocenters. The Labute approximate surface area is 68.4 Å². The molecule has 0 rings (SSSR count). The van der Waals surface area contributed by atoms with Crippen molar-refractivity contribution in [1.29, 1.82) is 0 Å². The second kappa shape index (κ2) is 5.66. The van der Waals surface area contributed by atoms with Crippen molar-refractivity contribution >= 4 is 5.78 Å². The Bertz CT molecular complexity index is 203. The Morgan fingerprint density at radius 1 is 1.27 bits per heavy atom. The number of hydrogen-bond acceptors (Lipinski definition) is 0. The Balaban J connectivity index is 3.96. The highest BCUT2D eigenvalue weighted by Gasteiger charge is 1.90. The number of ketones is 1. The van der Waals surface area contributed by atoms with Crippen molar-refractivity contribution in [3.63, 3.8) is 0 Å². The summed E-state index contributed by atoms with van der Waals surface area (Å²) in [4.78, 5) is 0. The van der Waals surface area contributed by atoms with Crippen LogP contribution in [0.1, 0.15) is 20.8 Å². The first kappa shape index (κ1) is 9.89. The fourth-order valence-electron chi connectivity index (χ4n) is 0.426. The van der Waals surface area contributed by atoms with E-state index >= 15 is 0 Å². The summed E-state index contributed by atoms with van der Waals surface area (Å²) in [6.45, 7) is 9.50. The Hall–Kier alpha value is -1.11. The van der Waals surface area contributed by atoms with Crippen molar-refractivity contribution < 1.29 is 4.42 Å². The molecule has 0 aliphatic rings. The number of hydrogen-bond donors (Lipinski definition) is 0. The zero-order valence-corrected chi connectivity index (χ0v) is 7.42. The van der Waals surface area contributed by atoms with Gasteiger partial charge in [-0.1, -0.05) is 18.2 Å². The molecule has 0 aromatic rings. The van der Waals surface area contributed by atoms with E-state index in [9.17, 15) is 0 Å². The number of carbonyl (C=O) groups excluding carboxylic acids is 1. The fourth-order valence-corrected chi connectivity index (χ4v) is 0.426. The van der Waals surface area contributed by atoms with Crippen LogP contribution in [-0.4, -0.2) is 5.78 Å². The minimum atomic E-state index is 0.809. The van der Waals surface area contributed by atoms with Crippen LogP contribution in [0.2, 0.25) is 0 Å². The zero-order chi connectivity index (χ0) is 8.69. The molecule has 1 nitrogen and oxygen atoms in total. The lowest BCUT2D eigenvalue weighted by Crippen LogP contribution is -1.83. The lowest BCUT2D eigenvalue weighted by Gasteiger charge is -1.76. The molecule has 0 saturated carbocycles.